The van der Waals surface area contributed by atoms with Crippen molar-refractivity contribution in [3.05, 3.63) is 47.2 Å². The van der Waals surface area contributed by atoms with Crippen molar-refractivity contribution in [2.45, 2.75) is 192 Å². The highest BCUT2D eigenvalue weighted by atomic mass is 32.2. The maximum absolute atomic E-state index is 14.5. The van der Waals surface area contributed by atoms with Gasteiger partial charge in [0.05, 0.1) is 41.5 Å². The summed E-state index contributed by atoms with van der Waals surface area (Å²) < 4.78 is 58.9. The van der Waals surface area contributed by atoms with Crippen LogP contribution in [-0.4, -0.2) is 120 Å². The molecule has 1 aliphatic heterocycles. The third-order valence-electron chi connectivity index (χ3n) is 19.3. The minimum atomic E-state index is -4.30. The topological polar surface area (TPSA) is 294 Å². The Labute approximate surface area is 438 Å². The van der Waals surface area contributed by atoms with Crippen molar-refractivity contribution in [2.24, 2.45) is 50.2 Å². The van der Waals surface area contributed by atoms with Crippen LogP contribution in [0.15, 0.2) is 56.5 Å². The number of nitrogens with one attached hydrogen (secondary N) is 1. The largest absolute Gasteiger partial charge is 0.463 e. The zero-order valence-electron chi connectivity index (χ0n) is 44.5. The van der Waals surface area contributed by atoms with Gasteiger partial charge < -0.3 is 54.6 Å². The molecular weight excluding hydrogens is 995 g/mol. The molecule has 14 atom stereocenters. The van der Waals surface area contributed by atoms with Gasteiger partial charge in [-0.05, 0) is 128 Å². The second kappa shape index (κ2) is 20.9. The van der Waals surface area contributed by atoms with Crippen LogP contribution >= 0.6 is 0 Å². The lowest BCUT2D eigenvalue weighted by Crippen LogP contribution is -2.65. The van der Waals surface area contributed by atoms with E-state index < -0.39 is 99.9 Å². The van der Waals surface area contributed by atoms with E-state index in [4.69, 9.17) is 23.7 Å². The van der Waals surface area contributed by atoms with E-state index in [0.717, 1.165) is 44.9 Å². The van der Waals surface area contributed by atoms with Crippen molar-refractivity contribution in [3.63, 3.8) is 0 Å². The van der Waals surface area contributed by atoms with Crippen LogP contribution in [0.5, 0.6) is 5.88 Å². The van der Waals surface area contributed by atoms with E-state index in [-0.39, 0.29) is 80.7 Å². The molecule has 5 aliphatic carbocycles. The third kappa shape index (κ3) is 10.2. The van der Waals surface area contributed by atoms with E-state index >= 15 is 0 Å². The Hall–Kier alpha value is -4.67. The number of aromatic nitrogens is 2. The molecule has 0 radical (unpaired) electrons. The zero-order valence-corrected chi connectivity index (χ0v) is 45.3. The Balaban J connectivity index is 0.865. The Kier molecular flexibility index (Phi) is 15.8. The molecule has 1 amide bonds. The van der Waals surface area contributed by atoms with Gasteiger partial charge in [-0.3, -0.25) is 23.8 Å². The van der Waals surface area contributed by atoms with Crippen molar-refractivity contribution in [3.8, 4) is 5.88 Å². The number of nitrogens with zero attached hydrogens (tertiary/aromatic N) is 2. The van der Waals surface area contributed by atoms with Gasteiger partial charge in [-0.1, -0.05) is 78.3 Å². The highest BCUT2D eigenvalue weighted by molar-refractivity contribution is 7.91. The summed E-state index contributed by atoms with van der Waals surface area (Å²) in [6.45, 7) is 16.3. The summed E-state index contributed by atoms with van der Waals surface area (Å²) in [6, 6.07) is 5.90. The van der Waals surface area contributed by atoms with Crippen LogP contribution in [0.1, 0.15) is 139 Å². The fourth-order valence-electron chi connectivity index (χ4n) is 14.9. The molecule has 21 heteroatoms. The number of ether oxygens (including phenoxy) is 5. The minimum absolute atomic E-state index is 0.0460. The first-order valence-corrected chi connectivity index (χ1v) is 28.0. The molecule has 2 heterocycles. The molecular formula is C54H77N3O17S. The van der Waals surface area contributed by atoms with E-state index in [9.17, 15) is 53.2 Å². The highest BCUT2D eigenvalue weighted by Gasteiger charge is 2.70. The first-order chi connectivity index (χ1) is 35.1. The Morgan fingerprint density at radius 2 is 1.60 bits per heavy atom. The molecule has 1 saturated heterocycles. The normalized spacial score (nSPS) is 36.2. The van der Waals surface area contributed by atoms with Gasteiger partial charge in [0.15, 0.2) is 12.9 Å². The van der Waals surface area contributed by atoms with Gasteiger partial charge in [-0.2, -0.15) is 0 Å². The molecule has 75 heavy (non-hydrogen) atoms. The number of sulfone groups is 1. The van der Waals surface area contributed by atoms with Crippen molar-refractivity contribution >= 4 is 33.7 Å². The lowest BCUT2D eigenvalue weighted by molar-refractivity contribution is -0.832. The van der Waals surface area contributed by atoms with E-state index in [1.165, 1.54) is 29.8 Å². The molecule has 5 N–H and O–H groups in total. The molecule has 5 fully saturated rings. The number of hydrogen-bond acceptors (Lipinski definition) is 18. The molecule has 1 unspecified atom stereocenters. The van der Waals surface area contributed by atoms with Crippen LogP contribution in [0.25, 0.3) is 0 Å². The summed E-state index contributed by atoms with van der Waals surface area (Å²) in [6.07, 6.45) is 2.76. The number of benzene rings is 1. The summed E-state index contributed by atoms with van der Waals surface area (Å²) in [5, 5.41) is 58.1. The van der Waals surface area contributed by atoms with Gasteiger partial charge >= 0.3 is 28.8 Å². The molecule has 4 saturated carbocycles. The first-order valence-electron chi connectivity index (χ1n) is 26.5. The molecule has 1 aromatic heterocycles. The summed E-state index contributed by atoms with van der Waals surface area (Å²) in [4.78, 5) is 53.7. The lowest BCUT2D eigenvalue weighted by atomic mass is 9.33. The number of carbonyl (C=O) groups is 4. The van der Waals surface area contributed by atoms with E-state index in [0.29, 0.717) is 25.2 Å². The smallest absolute Gasteiger partial charge is 0.414 e. The van der Waals surface area contributed by atoms with E-state index in [1.807, 2.05) is 0 Å². The van der Waals surface area contributed by atoms with Gasteiger partial charge in [-0.15, -0.1) is 0 Å². The summed E-state index contributed by atoms with van der Waals surface area (Å²) in [7, 11) is -4.30. The van der Waals surface area contributed by atoms with Crippen molar-refractivity contribution in [1.29, 1.82) is 0 Å². The van der Waals surface area contributed by atoms with Crippen LogP contribution in [0.3, 0.4) is 0 Å². The third-order valence-corrected chi connectivity index (χ3v) is 21.0. The van der Waals surface area contributed by atoms with Gasteiger partial charge in [0, 0.05) is 11.8 Å². The molecule has 20 nitrogen and oxygen atoms in total. The zero-order chi connectivity index (χ0) is 54.7. The van der Waals surface area contributed by atoms with Crippen LogP contribution in [-0.2, 0) is 48.0 Å². The maximum Gasteiger partial charge on any atom is 0.414 e. The van der Waals surface area contributed by atoms with Crippen LogP contribution < -0.4 is 15.0 Å². The molecule has 6 aliphatic rings. The summed E-state index contributed by atoms with van der Waals surface area (Å²) in [5.74, 6) is -2.40. The number of allylic oxidation sites excluding steroid dienone is 2. The first kappa shape index (κ1) is 56.5. The number of esters is 3. The fraction of sp³-hybridized carbons (Fsp3) is 0.741. The Bertz CT molecular complexity index is 2610. The quantitative estimate of drug-likeness (QED) is 0.0653. The Morgan fingerprint density at radius 3 is 2.31 bits per heavy atom. The van der Waals surface area contributed by atoms with Crippen molar-refractivity contribution in [1.82, 2.24) is 10.5 Å². The second-order valence-electron chi connectivity index (χ2n) is 24.4. The van der Waals surface area contributed by atoms with Gasteiger partial charge in [0.1, 0.15) is 36.6 Å². The maximum atomic E-state index is 14.5. The van der Waals surface area contributed by atoms with Crippen LogP contribution in [0, 0.1) is 55.5 Å². The van der Waals surface area contributed by atoms with E-state index in [2.05, 4.69) is 69.6 Å². The fourth-order valence-corrected chi connectivity index (χ4v) is 16.2. The number of aliphatic hydroxyl groups excluding tert-OH is 4. The second-order valence-corrected chi connectivity index (χ2v) is 26.3. The van der Waals surface area contributed by atoms with Crippen molar-refractivity contribution < 1.29 is 81.2 Å². The summed E-state index contributed by atoms with van der Waals surface area (Å²) in [5.41, 5.74) is -0.413. The van der Waals surface area contributed by atoms with E-state index in [1.54, 1.807) is 13.0 Å². The van der Waals surface area contributed by atoms with Gasteiger partial charge in [-0.25, -0.2) is 8.42 Å². The van der Waals surface area contributed by atoms with Crippen LogP contribution in [0.4, 0.5) is 0 Å². The van der Waals surface area contributed by atoms with Crippen molar-refractivity contribution in [2.75, 3.05) is 19.8 Å². The van der Waals surface area contributed by atoms with Gasteiger partial charge in [0.2, 0.25) is 0 Å². The number of hydrogen-bond donors (Lipinski definition) is 5. The monoisotopic (exact) mass is 1070 g/mol. The molecule has 0 spiro atoms. The predicted octanol–water partition coefficient (Wildman–Crippen LogP) is 4.79. The van der Waals surface area contributed by atoms with Gasteiger partial charge in [0.25, 0.3) is 15.7 Å². The predicted molar refractivity (Wildman–Crippen MR) is 264 cm³/mol. The number of carbonyl (C=O) groups excluding carboxylic acids is 4. The highest BCUT2D eigenvalue weighted by Crippen LogP contribution is 2.76. The standard InChI is InChI=1S/C54H77N3O17S/c1-31(20-27-69-45-46(57(66)74-56-45)75(67,68)32-12-10-9-11-13-32)71-40(60)16-17-41(61)73-38-19-21-51(6)36(50(38,4)5)18-22-53(8)37(51)15-14-33-34-28-49(2,3)23-25-54(34,26-24-52(33,53)7)48(65)70-30-39(59)55-42-44(63)43(62)35(29-58)72-47(42)64/h9-14,31,34-38,42-44,47,58,62-64H,15-30H2,1-8H3,(H,55,59)/t31?,34-,35+,36-,37+,38-,42+,43-,44+,47+,51-,52+,53+,54-/m0/s1. The van der Waals surface area contributed by atoms with Crippen LogP contribution in [0.2, 0.25) is 0 Å². The summed E-state index contributed by atoms with van der Waals surface area (Å²) >= 11 is 0. The Morgan fingerprint density at radius 1 is 0.907 bits per heavy atom. The molecule has 1 aromatic carbocycles. The SMILES string of the molecule is CC(CCOc1no[n+]([O-])c1S(=O)(=O)c1ccccc1)OC(=O)CCC(=O)O[C@H]1CC[C@]2(C)[C@H]3CC=C4[C@@H]5CC(C)(C)CC[C@]5(C(=O)OCC(=O)N[C@@H]5[C@@H](O)[C@@H](O)[C@@H](CO)O[C@H]5O)CC[C@@]4(C)[C@]3(C)CC[C@H]2C1(C)C. The molecule has 0 bridgehead atoms. The number of aliphatic hydroxyl groups is 4. The average Bonchev–Trinajstić information content (AvgIpc) is 3.74. The average molecular weight is 1070 g/mol. The lowest BCUT2D eigenvalue weighted by Gasteiger charge is -2.71. The molecule has 2 aromatic rings. The minimum Gasteiger partial charge on any atom is -0.463 e. The number of fused-ring (bicyclic) bond motifs is 7. The molecule has 8 rings (SSSR count). The number of amides is 1. The molecule has 416 valence electrons. The number of rotatable bonds is 16.